The lowest BCUT2D eigenvalue weighted by atomic mass is 9.81. The summed E-state index contributed by atoms with van der Waals surface area (Å²) in [6, 6.07) is 1.62. The van der Waals surface area contributed by atoms with Crippen LogP contribution in [0.25, 0.3) is 0 Å². The topological polar surface area (TPSA) is 15.3 Å². The molecule has 0 amide bonds. The third-order valence-corrected chi connectivity index (χ3v) is 5.03. The normalized spacial score (nSPS) is 29.3. The second-order valence-corrected chi connectivity index (χ2v) is 6.27. The van der Waals surface area contributed by atoms with Gasteiger partial charge in [-0.1, -0.05) is 33.1 Å². The molecule has 1 aliphatic heterocycles. The van der Waals surface area contributed by atoms with E-state index in [4.69, 9.17) is 0 Å². The van der Waals surface area contributed by atoms with Crippen LogP contribution < -0.4 is 5.32 Å². The van der Waals surface area contributed by atoms with Gasteiger partial charge in [-0.25, -0.2) is 0 Å². The standard InChI is InChI=1S/C16H32N2/c1-3-16(14-9-6-5-7-10-14)18-12-8-11-15(13-18)17-4-2/h14-17H,3-13H2,1-2H3. The molecule has 0 bridgehead atoms. The van der Waals surface area contributed by atoms with Crippen LogP contribution in [0.1, 0.15) is 65.2 Å². The molecule has 0 radical (unpaired) electrons. The Hall–Kier alpha value is -0.0800. The molecule has 0 aromatic carbocycles. The van der Waals surface area contributed by atoms with Crippen LogP contribution in [-0.2, 0) is 0 Å². The van der Waals surface area contributed by atoms with Crippen LogP contribution >= 0.6 is 0 Å². The molecule has 2 nitrogen and oxygen atoms in total. The molecular weight excluding hydrogens is 220 g/mol. The second-order valence-electron chi connectivity index (χ2n) is 6.27. The van der Waals surface area contributed by atoms with Crippen molar-refractivity contribution in [3.05, 3.63) is 0 Å². The van der Waals surface area contributed by atoms with Gasteiger partial charge in [-0.2, -0.15) is 0 Å². The second kappa shape index (κ2) is 7.49. The molecule has 2 heteroatoms. The van der Waals surface area contributed by atoms with Crippen molar-refractivity contribution in [1.82, 2.24) is 10.2 Å². The van der Waals surface area contributed by atoms with Gasteiger partial charge in [0.1, 0.15) is 0 Å². The molecule has 0 aromatic heterocycles. The summed E-state index contributed by atoms with van der Waals surface area (Å²) in [5.41, 5.74) is 0. The summed E-state index contributed by atoms with van der Waals surface area (Å²) in [6.45, 7) is 8.39. The van der Waals surface area contributed by atoms with Crippen LogP contribution in [-0.4, -0.2) is 36.6 Å². The lowest BCUT2D eigenvalue weighted by Gasteiger charge is -2.43. The monoisotopic (exact) mass is 252 g/mol. The van der Waals surface area contributed by atoms with E-state index in [1.165, 1.54) is 64.5 Å². The predicted molar refractivity (Wildman–Crippen MR) is 78.9 cm³/mol. The SMILES string of the molecule is CCNC1CCCN(C(CC)C2CCCCC2)C1. The Morgan fingerprint density at radius 1 is 1.06 bits per heavy atom. The zero-order valence-electron chi connectivity index (χ0n) is 12.5. The molecule has 1 saturated carbocycles. The van der Waals surface area contributed by atoms with Crippen molar-refractivity contribution in [2.45, 2.75) is 77.3 Å². The Labute approximate surface area is 114 Å². The van der Waals surface area contributed by atoms with Crippen molar-refractivity contribution in [1.29, 1.82) is 0 Å². The van der Waals surface area contributed by atoms with E-state index in [9.17, 15) is 0 Å². The lowest BCUT2D eigenvalue weighted by Crippen LogP contribution is -2.51. The van der Waals surface area contributed by atoms with Crippen molar-refractivity contribution in [3.8, 4) is 0 Å². The zero-order valence-corrected chi connectivity index (χ0v) is 12.5. The fourth-order valence-electron chi connectivity index (χ4n) is 4.17. The average molecular weight is 252 g/mol. The molecule has 0 aromatic rings. The van der Waals surface area contributed by atoms with Crippen molar-refractivity contribution < 1.29 is 0 Å². The van der Waals surface area contributed by atoms with Crippen LogP contribution in [0.5, 0.6) is 0 Å². The summed E-state index contributed by atoms with van der Waals surface area (Å²) >= 11 is 0. The maximum atomic E-state index is 3.65. The molecule has 1 heterocycles. The summed E-state index contributed by atoms with van der Waals surface area (Å²) in [5.74, 6) is 0.990. The highest BCUT2D eigenvalue weighted by atomic mass is 15.2. The molecule has 2 unspecified atom stereocenters. The van der Waals surface area contributed by atoms with Crippen LogP contribution in [0.15, 0.2) is 0 Å². The number of rotatable bonds is 5. The van der Waals surface area contributed by atoms with Gasteiger partial charge in [-0.15, -0.1) is 0 Å². The zero-order chi connectivity index (χ0) is 12.8. The summed E-state index contributed by atoms with van der Waals surface area (Å²) < 4.78 is 0. The maximum Gasteiger partial charge on any atom is 0.0195 e. The molecule has 18 heavy (non-hydrogen) atoms. The molecule has 2 aliphatic rings. The van der Waals surface area contributed by atoms with Gasteiger partial charge in [-0.05, 0) is 51.1 Å². The molecular formula is C16H32N2. The third kappa shape index (κ3) is 3.71. The van der Waals surface area contributed by atoms with Gasteiger partial charge in [0, 0.05) is 18.6 Å². The van der Waals surface area contributed by atoms with Gasteiger partial charge >= 0.3 is 0 Å². The van der Waals surface area contributed by atoms with E-state index in [2.05, 4.69) is 24.1 Å². The quantitative estimate of drug-likeness (QED) is 0.806. The Kier molecular flexibility index (Phi) is 5.97. The van der Waals surface area contributed by atoms with Crippen LogP contribution in [0.4, 0.5) is 0 Å². The number of likely N-dealkylation sites (tertiary alicyclic amines) is 1. The van der Waals surface area contributed by atoms with E-state index in [0.29, 0.717) is 0 Å². The van der Waals surface area contributed by atoms with Gasteiger partial charge in [0.05, 0.1) is 0 Å². The minimum absolute atomic E-state index is 0.751. The predicted octanol–water partition coefficient (Wildman–Crippen LogP) is 3.42. The summed E-state index contributed by atoms with van der Waals surface area (Å²) in [7, 11) is 0. The van der Waals surface area contributed by atoms with Gasteiger partial charge in [0.25, 0.3) is 0 Å². The van der Waals surface area contributed by atoms with Crippen molar-refractivity contribution >= 4 is 0 Å². The third-order valence-electron chi connectivity index (χ3n) is 5.03. The first-order chi connectivity index (χ1) is 8.85. The van der Waals surface area contributed by atoms with Gasteiger partial charge in [-0.3, -0.25) is 4.90 Å². The van der Waals surface area contributed by atoms with Gasteiger partial charge in [0.15, 0.2) is 0 Å². The number of piperidine rings is 1. The average Bonchev–Trinajstić information content (AvgIpc) is 2.42. The van der Waals surface area contributed by atoms with Crippen LogP contribution in [0.3, 0.4) is 0 Å². The van der Waals surface area contributed by atoms with Crippen molar-refractivity contribution in [2.24, 2.45) is 5.92 Å². The van der Waals surface area contributed by atoms with E-state index in [1.54, 1.807) is 0 Å². The van der Waals surface area contributed by atoms with E-state index < -0.39 is 0 Å². The van der Waals surface area contributed by atoms with Crippen LogP contribution in [0.2, 0.25) is 0 Å². The number of nitrogens with zero attached hydrogens (tertiary/aromatic N) is 1. The molecule has 1 N–H and O–H groups in total. The smallest absolute Gasteiger partial charge is 0.0195 e. The highest BCUT2D eigenvalue weighted by molar-refractivity contribution is 4.86. The van der Waals surface area contributed by atoms with E-state index in [0.717, 1.165) is 24.5 Å². The molecule has 2 fully saturated rings. The number of hydrogen-bond donors (Lipinski definition) is 1. The Bertz CT molecular complexity index is 221. The lowest BCUT2D eigenvalue weighted by molar-refractivity contribution is 0.0792. The van der Waals surface area contributed by atoms with Crippen molar-refractivity contribution in [2.75, 3.05) is 19.6 Å². The first kappa shape index (κ1) is 14.3. The Balaban J connectivity index is 1.89. The summed E-state index contributed by atoms with van der Waals surface area (Å²) in [6.07, 6.45) is 11.5. The Morgan fingerprint density at radius 3 is 2.50 bits per heavy atom. The fraction of sp³-hybridized carbons (Fsp3) is 1.00. The number of hydrogen-bond acceptors (Lipinski definition) is 2. The van der Waals surface area contributed by atoms with E-state index in [-0.39, 0.29) is 0 Å². The fourth-order valence-corrected chi connectivity index (χ4v) is 4.17. The highest BCUT2D eigenvalue weighted by Gasteiger charge is 2.30. The number of likely N-dealkylation sites (N-methyl/N-ethyl adjacent to an activating group) is 1. The molecule has 1 saturated heterocycles. The highest BCUT2D eigenvalue weighted by Crippen LogP contribution is 2.31. The van der Waals surface area contributed by atoms with Gasteiger partial charge < -0.3 is 5.32 Å². The summed E-state index contributed by atoms with van der Waals surface area (Å²) in [5, 5.41) is 3.65. The van der Waals surface area contributed by atoms with Gasteiger partial charge in [0.2, 0.25) is 0 Å². The van der Waals surface area contributed by atoms with Crippen molar-refractivity contribution in [3.63, 3.8) is 0 Å². The minimum Gasteiger partial charge on any atom is -0.313 e. The van der Waals surface area contributed by atoms with E-state index >= 15 is 0 Å². The molecule has 1 aliphatic carbocycles. The summed E-state index contributed by atoms with van der Waals surface area (Å²) in [4.78, 5) is 2.81. The molecule has 2 atom stereocenters. The van der Waals surface area contributed by atoms with E-state index in [1.807, 2.05) is 0 Å². The number of nitrogens with one attached hydrogen (secondary N) is 1. The minimum atomic E-state index is 0.751. The molecule has 106 valence electrons. The molecule has 0 spiro atoms. The first-order valence-electron chi connectivity index (χ1n) is 8.32. The Morgan fingerprint density at radius 2 is 1.83 bits per heavy atom. The maximum absolute atomic E-state index is 3.65. The first-order valence-corrected chi connectivity index (χ1v) is 8.32. The molecule has 2 rings (SSSR count). The largest absolute Gasteiger partial charge is 0.313 e. The van der Waals surface area contributed by atoms with Crippen LogP contribution in [0, 0.1) is 5.92 Å².